The maximum absolute atomic E-state index is 9.74. The van der Waals surface area contributed by atoms with Crippen molar-refractivity contribution in [2.45, 2.75) is 30.3 Å². The third-order valence-electron chi connectivity index (χ3n) is 6.27. The summed E-state index contributed by atoms with van der Waals surface area (Å²) in [5.41, 5.74) is 2.83. The maximum atomic E-state index is 9.74. The molecule has 0 unspecified atom stereocenters. The van der Waals surface area contributed by atoms with Crippen LogP contribution in [0, 0.1) is 11.3 Å². The topological polar surface area (TPSA) is 95.8 Å². The molecule has 2 heterocycles. The minimum atomic E-state index is 0.0665. The lowest BCUT2D eigenvalue weighted by molar-refractivity contribution is 0.0254. The Balaban J connectivity index is 1.44. The van der Waals surface area contributed by atoms with Crippen molar-refractivity contribution in [3.8, 4) is 28.8 Å². The van der Waals surface area contributed by atoms with Crippen LogP contribution in [0.2, 0.25) is 0 Å². The van der Waals surface area contributed by atoms with Crippen LogP contribution in [0.25, 0.3) is 11.3 Å². The van der Waals surface area contributed by atoms with Crippen LogP contribution in [0.1, 0.15) is 24.8 Å². The van der Waals surface area contributed by atoms with Gasteiger partial charge >= 0.3 is 0 Å². The Morgan fingerprint density at radius 3 is 2.64 bits per heavy atom. The molecule has 1 aliphatic rings. The SMILES string of the molecule is COc1cc(Nc2nccc(-c3ccc(OC4CCOCC4)c(C#N)c3)n2)ccc1SN(C)CCCN(C)C. The molecule has 0 saturated carbocycles. The van der Waals surface area contributed by atoms with Crippen LogP contribution in [0.3, 0.4) is 0 Å². The summed E-state index contributed by atoms with van der Waals surface area (Å²) in [6, 6.07) is 15.6. The zero-order valence-electron chi connectivity index (χ0n) is 23.0. The number of aromatic nitrogens is 2. The lowest BCUT2D eigenvalue weighted by Crippen LogP contribution is -2.26. The molecule has 4 rings (SSSR count). The molecule has 1 saturated heterocycles. The van der Waals surface area contributed by atoms with E-state index in [1.807, 2.05) is 42.5 Å². The van der Waals surface area contributed by atoms with Crippen LogP contribution in [-0.4, -0.2) is 79.8 Å². The van der Waals surface area contributed by atoms with Crippen molar-refractivity contribution in [3.63, 3.8) is 0 Å². The normalized spacial score (nSPS) is 13.9. The minimum absolute atomic E-state index is 0.0665. The molecule has 3 aromatic rings. The third-order valence-corrected chi connectivity index (χ3v) is 7.29. The van der Waals surface area contributed by atoms with Crippen LogP contribution in [0.5, 0.6) is 11.5 Å². The number of hydrogen-bond donors (Lipinski definition) is 1. The number of ether oxygens (including phenoxy) is 3. The molecule has 10 heteroatoms. The molecule has 0 aliphatic carbocycles. The largest absolute Gasteiger partial charge is 0.495 e. The Bertz CT molecular complexity index is 1280. The molecular weight excluding hydrogens is 512 g/mol. The molecule has 0 radical (unpaired) electrons. The lowest BCUT2D eigenvalue weighted by Gasteiger charge is -2.23. The van der Waals surface area contributed by atoms with E-state index in [-0.39, 0.29) is 6.10 Å². The molecule has 206 valence electrons. The first-order valence-corrected chi connectivity index (χ1v) is 13.8. The van der Waals surface area contributed by atoms with Gasteiger partial charge in [-0.3, -0.25) is 0 Å². The monoisotopic (exact) mass is 548 g/mol. The van der Waals surface area contributed by atoms with Crippen molar-refractivity contribution in [3.05, 3.63) is 54.2 Å². The molecule has 0 spiro atoms. The van der Waals surface area contributed by atoms with Gasteiger partial charge in [0, 0.05) is 42.9 Å². The van der Waals surface area contributed by atoms with Crippen LogP contribution < -0.4 is 14.8 Å². The van der Waals surface area contributed by atoms with Gasteiger partial charge in [-0.2, -0.15) is 5.26 Å². The van der Waals surface area contributed by atoms with E-state index >= 15 is 0 Å². The van der Waals surface area contributed by atoms with Gasteiger partial charge in [-0.05, 0) is 82.5 Å². The van der Waals surface area contributed by atoms with Gasteiger partial charge in [-0.1, -0.05) is 0 Å². The summed E-state index contributed by atoms with van der Waals surface area (Å²) in [7, 11) is 7.94. The molecule has 1 aliphatic heterocycles. The van der Waals surface area contributed by atoms with Gasteiger partial charge < -0.3 is 24.4 Å². The van der Waals surface area contributed by atoms with E-state index in [4.69, 9.17) is 14.2 Å². The minimum Gasteiger partial charge on any atom is -0.495 e. The molecule has 2 aromatic carbocycles. The first-order valence-electron chi connectivity index (χ1n) is 13.1. The van der Waals surface area contributed by atoms with Gasteiger partial charge in [0.25, 0.3) is 0 Å². The number of nitrogens with one attached hydrogen (secondary N) is 1. The van der Waals surface area contributed by atoms with E-state index < -0.39 is 0 Å². The molecule has 1 N–H and O–H groups in total. The Labute approximate surface area is 235 Å². The summed E-state index contributed by atoms with van der Waals surface area (Å²) in [4.78, 5) is 12.3. The molecular formula is C29H36N6O3S. The fourth-order valence-electron chi connectivity index (χ4n) is 4.21. The number of hydrogen-bond acceptors (Lipinski definition) is 10. The fourth-order valence-corrected chi connectivity index (χ4v) is 5.12. The van der Waals surface area contributed by atoms with Crippen molar-refractivity contribution in [2.75, 3.05) is 59.9 Å². The van der Waals surface area contributed by atoms with Gasteiger partial charge in [-0.15, -0.1) is 0 Å². The Morgan fingerprint density at radius 1 is 1.08 bits per heavy atom. The zero-order valence-corrected chi connectivity index (χ0v) is 23.8. The molecule has 1 fully saturated rings. The summed E-state index contributed by atoms with van der Waals surface area (Å²) in [6.07, 6.45) is 4.51. The van der Waals surface area contributed by atoms with Gasteiger partial charge in [0.15, 0.2) is 0 Å². The predicted molar refractivity (Wildman–Crippen MR) is 155 cm³/mol. The summed E-state index contributed by atoms with van der Waals surface area (Å²) >= 11 is 1.66. The highest BCUT2D eigenvalue weighted by molar-refractivity contribution is 7.97. The number of nitriles is 1. The fraction of sp³-hybridized carbons (Fsp3) is 0.414. The number of anilines is 2. The second-order valence-electron chi connectivity index (χ2n) is 9.61. The van der Waals surface area contributed by atoms with Gasteiger partial charge in [-0.25, -0.2) is 14.3 Å². The number of rotatable bonds is 12. The molecule has 39 heavy (non-hydrogen) atoms. The first kappa shape index (κ1) is 28.6. The Morgan fingerprint density at radius 2 is 1.90 bits per heavy atom. The number of benzene rings is 2. The Hall–Kier alpha value is -3.36. The van der Waals surface area contributed by atoms with Crippen molar-refractivity contribution in [2.24, 2.45) is 0 Å². The van der Waals surface area contributed by atoms with E-state index in [1.54, 1.807) is 25.3 Å². The summed E-state index contributed by atoms with van der Waals surface area (Å²) in [6.45, 7) is 3.39. The lowest BCUT2D eigenvalue weighted by atomic mass is 10.1. The summed E-state index contributed by atoms with van der Waals surface area (Å²) < 4.78 is 19.4. The zero-order chi connectivity index (χ0) is 27.6. The number of methoxy groups -OCH3 is 1. The van der Waals surface area contributed by atoms with Crippen molar-refractivity contribution >= 4 is 23.6 Å². The molecule has 9 nitrogen and oxygen atoms in total. The van der Waals surface area contributed by atoms with Crippen LogP contribution in [-0.2, 0) is 4.74 Å². The standard InChI is InChI=1S/C29H36N6O3S/c1-34(2)14-5-15-35(3)39-28-9-7-23(19-27(28)36-4)32-29-31-13-10-25(33-29)21-6-8-26(22(18-21)20-30)38-24-11-16-37-17-12-24/h6-10,13,18-19,24H,5,11-12,14-17H2,1-4H3,(H,31,32,33). The van der Waals surface area contributed by atoms with Crippen LogP contribution >= 0.6 is 11.9 Å². The van der Waals surface area contributed by atoms with Gasteiger partial charge in [0.1, 0.15) is 23.7 Å². The van der Waals surface area contributed by atoms with Crippen LogP contribution in [0.4, 0.5) is 11.6 Å². The maximum Gasteiger partial charge on any atom is 0.227 e. The van der Waals surface area contributed by atoms with E-state index in [2.05, 4.69) is 51.7 Å². The van der Waals surface area contributed by atoms with Crippen molar-refractivity contribution < 1.29 is 14.2 Å². The number of nitrogens with zero attached hydrogens (tertiary/aromatic N) is 5. The average Bonchev–Trinajstić information content (AvgIpc) is 2.94. The second kappa shape index (κ2) is 14.1. The smallest absolute Gasteiger partial charge is 0.227 e. The predicted octanol–water partition coefficient (Wildman–Crippen LogP) is 5.22. The Kier molecular flexibility index (Phi) is 10.4. The van der Waals surface area contributed by atoms with Gasteiger partial charge in [0.05, 0.1) is 36.5 Å². The van der Waals surface area contributed by atoms with E-state index in [1.165, 1.54) is 0 Å². The molecule has 0 amide bonds. The molecule has 0 atom stereocenters. The van der Waals surface area contributed by atoms with Crippen molar-refractivity contribution in [1.82, 2.24) is 19.2 Å². The van der Waals surface area contributed by atoms with Gasteiger partial charge in [0.2, 0.25) is 5.95 Å². The third kappa shape index (κ3) is 8.31. The van der Waals surface area contributed by atoms with E-state index in [9.17, 15) is 5.26 Å². The van der Waals surface area contributed by atoms with E-state index in [0.29, 0.717) is 36.2 Å². The highest BCUT2D eigenvalue weighted by Gasteiger charge is 2.18. The van der Waals surface area contributed by atoms with Crippen molar-refractivity contribution in [1.29, 1.82) is 5.26 Å². The molecule has 1 aromatic heterocycles. The highest BCUT2D eigenvalue weighted by Crippen LogP contribution is 2.34. The molecule has 0 bridgehead atoms. The quantitative estimate of drug-likeness (QED) is 0.304. The highest BCUT2D eigenvalue weighted by atomic mass is 32.2. The first-order chi connectivity index (χ1) is 18.9. The summed E-state index contributed by atoms with van der Waals surface area (Å²) in [5, 5.41) is 13.0. The van der Waals surface area contributed by atoms with Crippen LogP contribution in [0.15, 0.2) is 53.6 Å². The summed E-state index contributed by atoms with van der Waals surface area (Å²) in [5.74, 6) is 1.82. The van der Waals surface area contributed by atoms with E-state index in [0.717, 1.165) is 54.2 Å². The average molecular weight is 549 g/mol. The second-order valence-corrected chi connectivity index (χ2v) is 10.9.